The molecular formula is C16H34N2O2. The zero-order valence-corrected chi connectivity index (χ0v) is 14.4. The topological polar surface area (TPSA) is 50.4 Å². The molecule has 4 nitrogen and oxygen atoms in total. The predicted octanol–water partition coefficient (Wildman–Crippen LogP) is 3.70. The maximum Gasteiger partial charge on any atom is 0.407 e. The second-order valence-corrected chi connectivity index (χ2v) is 6.71. The van der Waals surface area contributed by atoms with Crippen molar-refractivity contribution < 1.29 is 9.53 Å². The SMILES string of the molecule is CCCC(CNC(=O)OC(C)(C)C)NC(C)C(C)CC. The van der Waals surface area contributed by atoms with Gasteiger partial charge in [0.1, 0.15) is 5.60 Å². The van der Waals surface area contributed by atoms with Gasteiger partial charge in [-0.1, -0.05) is 33.6 Å². The van der Waals surface area contributed by atoms with Gasteiger partial charge in [0.2, 0.25) is 0 Å². The molecule has 2 N–H and O–H groups in total. The minimum Gasteiger partial charge on any atom is -0.444 e. The molecule has 0 radical (unpaired) electrons. The Balaban J connectivity index is 4.24. The number of alkyl carbamates (subject to hydrolysis) is 1. The lowest BCUT2D eigenvalue weighted by Crippen LogP contribution is -2.47. The largest absolute Gasteiger partial charge is 0.444 e. The molecule has 0 saturated heterocycles. The number of nitrogens with one attached hydrogen (secondary N) is 2. The summed E-state index contributed by atoms with van der Waals surface area (Å²) >= 11 is 0. The average molecular weight is 286 g/mol. The zero-order chi connectivity index (χ0) is 15.8. The number of ether oxygens (including phenoxy) is 1. The number of amides is 1. The third kappa shape index (κ3) is 9.18. The fraction of sp³-hybridized carbons (Fsp3) is 0.938. The smallest absolute Gasteiger partial charge is 0.407 e. The van der Waals surface area contributed by atoms with Crippen molar-refractivity contribution in [3.63, 3.8) is 0 Å². The first kappa shape index (κ1) is 19.2. The van der Waals surface area contributed by atoms with Crippen LogP contribution in [0.5, 0.6) is 0 Å². The van der Waals surface area contributed by atoms with E-state index >= 15 is 0 Å². The molecular weight excluding hydrogens is 252 g/mol. The van der Waals surface area contributed by atoms with Gasteiger partial charge < -0.3 is 15.4 Å². The fourth-order valence-electron chi connectivity index (χ4n) is 2.00. The molecule has 20 heavy (non-hydrogen) atoms. The third-order valence-corrected chi connectivity index (χ3v) is 3.52. The minimum atomic E-state index is -0.443. The van der Waals surface area contributed by atoms with E-state index in [0.29, 0.717) is 24.5 Å². The van der Waals surface area contributed by atoms with Crippen LogP contribution >= 0.6 is 0 Å². The molecule has 0 aromatic rings. The van der Waals surface area contributed by atoms with Gasteiger partial charge in [0.05, 0.1) is 0 Å². The third-order valence-electron chi connectivity index (χ3n) is 3.52. The van der Waals surface area contributed by atoms with Crippen LogP contribution in [-0.2, 0) is 4.74 Å². The summed E-state index contributed by atoms with van der Waals surface area (Å²) in [5.41, 5.74) is -0.443. The number of rotatable bonds is 8. The van der Waals surface area contributed by atoms with E-state index < -0.39 is 5.60 Å². The molecule has 120 valence electrons. The lowest BCUT2D eigenvalue weighted by atomic mass is 9.99. The molecule has 3 unspecified atom stereocenters. The van der Waals surface area contributed by atoms with E-state index in [1.54, 1.807) is 0 Å². The highest BCUT2D eigenvalue weighted by atomic mass is 16.6. The van der Waals surface area contributed by atoms with Crippen molar-refractivity contribution in [1.29, 1.82) is 0 Å². The van der Waals surface area contributed by atoms with E-state index in [0.717, 1.165) is 19.3 Å². The van der Waals surface area contributed by atoms with Gasteiger partial charge in [0.15, 0.2) is 0 Å². The first-order valence-electron chi connectivity index (χ1n) is 7.92. The summed E-state index contributed by atoms with van der Waals surface area (Å²) in [7, 11) is 0. The molecule has 0 aromatic heterocycles. The molecule has 3 atom stereocenters. The van der Waals surface area contributed by atoms with Crippen LogP contribution in [-0.4, -0.2) is 30.3 Å². The summed E-state index contributed by atoms with van der Waals surface area (Å²) in [4.78, 5) is 11.7. The minimum absolute atomic E-state index is 0.302. The van der Waals surface area contributed by atoms with Crippen LogP contribution in [0.15, 0.2) is 0 Å². The predicted molar refractivity (Wildman–Crippen MR) is 85.0 cm³/mol. The second-order valence-electron chi connectivity index (χ2n) is 6.71. The molecule has 0 heterocycles. The Hall–Kier alpha value is -0.770. The van der Waals surface area contributed by atoms with Crippen molar-refractivity contribution in [2.24, 2.45) is 5.92 Å². The molecule has 0 saturated carbocycles. The van der Waals surface area contributed by atoms with E-state index in [9.17, 15) is 4.79 Å². The maximum absolute atomic E-state index is 11.7. The van der Waals surface area contributed by atoms with Crippen LogP contribution < -0.4 is 10.6 Å². The lowest BCUT2D eigenvalue weighted by molar-refractivity contribution is 0.0520. The van der Waals surface area contributed by atoms with Crippen LogP contribution in [0.25, 0.3) is 0 Å². The van der Waals surface area contributed by atoms with Crippen LogP contribution in [0.1, 0.15) is 67.7 Å². The normalized spacial score (nSPS) is 16.4. The standard InChI is InChI=1S/C16H34N2O2/c1-8-10-14(18-13(4)12(3)9-2)11-17-15(19)20-16(5,6)7/h12-14,18H,8-11H2,1-7H3,(H,17,19). The molecule has 0 aliphatic rings. The first-order valence-corrected chi connectivity index (χ1v) is 7.92. The van der Waals surface area contributed by atoms with Gasteiger partial charge >= 0.3 is 6.09 Å². The molecule has 0 aliphatic carbocycles. The van der Waals surface area contributed by atoms with Gasteiger partial charge in [-0.2, -0.15) is 0 Å². The Morgan fingerprint density at radius 3 is 2.25 bits per heavy atom. The van der Waals surface area contributed by atoms with Gasteiger partial charge in [-0.05, 0) is 40.0 Å². The van der Waals surface area contributed by atoms with E-state index in [-0.39, 0.29) is 6.09 Å². The molecule has 0 aliphatic heterocycles. The van der Waals surface area contributed by atoms with Crippen LogP contribution in [0, 0.1) is 5.92 Å². The second kappa shape index (κ2) is 9.22. The maximum atomic E-state index is 11.7. The zero-order valence-electron chi connectivity index (χ0n) is 14.4. The molecule has 0 aromatic carbocycles. The Morgan fingerprint density at radius 1 is 1.20 bits per heavy atom. The summed E-state index contributed by atoms with van der Waals surface area (Å²) in [6.07, 6.45) is 2.97. The van der Waals surface area contributed by atoms with Crippen LogP contribution in [0.4, 0.5) is 4.79 Å². The molecule has 0 spiro atoms. The lowest BCUT2D eigenvalue weighted by Gasteiger charge is -2.27. The number of carbonyl (C=O) groups is 1. The first-order chi connectivity index (χ1) is 9.19. The Bertz CT molecular complexity index is 274. The highest BCUT2D eigenvalue weighted by Crippen LogP contribution is 2.10. The van der Waals surface area contributed by atoms with Crippen molar-refractivity contribution in [3.05, 3.63) is 0 Å². The van der Waals surface area contributed by atoms with Gasteiger partial charge in [-0.15, -0.1) is 0 Å². The Labute approximate surface area is 125 Å². The van der Waals surface area contributed by atoms with Gasteiger partial charge in [-0.25, -0.2) is 4.79 Å². The van der Waals surface area contributed by atoms with Gasteiger partial charge in [-0.3, -0.25) is 0 Å². The van der Waals surface area contributed by atoms with Crippen LogP contribution in [0.2, 0.25) is 0 Å². The summed E-state index contributed by atoms with van der Waals surface area (Å²) < 4.78 is 5.26. The summed E-state index contributed by atoms with van der Waals surface area (Å²) in [6, 6.07) is 0.758. The molecule has 0 fully saturated rings. The molecule has 1 amide bonds. The van der Waals surface area contributed by atoms with E-state index in [1.165, 1.54) is 0 Å². The van der Waals surface area contributed by atoms with Crippen LogP contribution in [0.3, 0.4) is 0 Å². The summed E-state index contributed by atoms with van der Waals surface area (Å²) in [6.45, 7) is 15.1. The van der Waals surface area contributed by atoms with E-state index in [2.05, 4.69) is 38.3 Å². The van der Waals surface area contributed by atoms with Gasteiger partial charge in [0, 0.05) is 18.6 Å². The fourth-order valence-corrected chi connectivity index (χ4v) is 2.00. The van der Waals surface area contributed by atoms with Crippen molar-refractivity contribution in [2.75, 3.05) is 6.54 Å². The van der Waals surface area contributed by atoms with Crippen molar-refractivity contribution in [1.82, 2.24) is 10.6 Å². The summed E-state index contributed by atoms with van der Waals surface area (Å²) in [5.74, 6) is 0.635. The molecule has 0 rings (SSSR count). The summed E-state index contributed by atoms with van der Waals surface area (Å²) in [5, 5.41) is 6.48. The van der Waals surface area contributed by atoms with Crippen molar-refractivity contribution >= 4 is 6.09 Å². The quantitative estimate of drug-likeness (QED) is 0.715. The Kier molecular flexibility index (Phi) is 8.86. The average Bonchev–Trinajstić information content (AvgIpc) is 2.33. The number of hydrogen-bond donors (Lipinski definition) is 2. The van der Waals surface area contributed by atoms with E-state index in [4.69, 9.17) is 4.74 Å². The number of hydrogen-bond acceptors (Lipinski definition) is 3. The van der Waals surface area contributed by atoms with Gasteiger partial charge in [0.25, 0.3) is 0 Å². The molecule has 0 bridgehead atoms. The van der Waals surface area contributed by atoms with Crippen molar-refractivity contribution in [3.8, 4) is 0 Å². The van der Waals surface area contributed by atoms with Crippen molar-refractivity contribution in [2.45, 2.75) is 85.4 Å². The monoisotopic (exact) mass is 286 g/mol. The highest BCUT2D eigenvalue weighted by molar-refractivity contribution is 5.67. The van der Waals surface area contributed by atoms with E-state index in [1.807, 2.05) is 20.8 Å². The molecule has 4 heteroatoms. The number of carbonyl (C=O) groups excluding carboxylic acids is 1. The highest BCUT2D eigenvalue weighted by Gasteiger charge is 2.19. The Morgan fingerprint density at radius 2 is 1.80 bits per heavy atom.